The molecule has 5 nitrogen and oxygen atoms in total. The first kappa shape index (κ1) is 12.7. The van der Waals surface area contributed by atoms with Crippen molar-refractivity contribution in [3.63, 3.8) is 0 Å². The van der Waals surface area contributed by atoms with E-state index in [2.05, 4.69) is 26.9 Å². The van der Waals surface area contributed by atoms with Gasteiger partial charge in [0.2, 0.25) is 0 Å². The van der Waals surface area contributed by atoms with E-state index in [4.69, 9.17) is 4.74 Å². The molecule has 0 N–H and O–H groups in total. The van der Waals surface area contributed by atoms with Crippen LogP contribution in [0.15, 0.2) is 42.2 Å². The van der Waals surface area contributed by atoms with E-state index >= 15 is 0 Å². The lowest BCUT2D eigenvalue weighted by Gasteiger charge is -2.04. The minimum absolute atomic E-state index is 0.328. The first-order valence-corrected chi connectivity index (χ1v) is 6.82. The van der Waals surface area contributed by atoms with Gasteiger partial charge >= 0.3 is 6.01 Å². The Kier molecular flexibility index (Phi) is 3.64. The van der Waals surface area contributed by atoms with Crippen LogP contribution >= 0.6 is 11.3 Å². The van der Waals surface area contributed by atoms with E-state index in [1.807, 2.05) is 23.6 Å². The predicted octanol–water partition coefficient (Wildman–Crippen LogP) is 2.76. The summed E-state index contributed by atoms with van der Waals surface area (Å²) in [5.41, 5.74) is 2.34. The summed E-state index contributed by atoms with van der Waals surface area (Å²) in [6, 6.07) is 5.96. The monoisotopic (exact) mass is 283 g/mol. The summed E-state index contributed by atoms with van der Waals surface area (Å²) in [4.78, 5) is 16.8. The van der Waals surface area contributed by atoms with Crippen LogP contribution in [0.4, 0.5) is 0 Å². The van der Waals surface area contributed by atoms with Crippen LogP contribution in [0.25, 0.3) is 11.3 Å². The second kappa shape index (κ2) is 5.75. The molecule has 0 unspecified atom stereocenters. The van der Waals surface area contributed by atoms with E-state index in [1.54, 1.807) is 18.6 Å². The van der Waals surface area contributed by atoms with Gasteiger partial charge in [-0.05, 0) is 19.1 Å². The highest BCUT2D eigenvalue weighted by Crippen LogP contribution is 2.17. The van der Waals surface area contributed by atoms with Crippen LogP contribution in [0.3, 0.4) is 0 Å². The van der Waals surface area contributed by atoms with Gasteiger partial charge in [-0.1, -0.05) is 6.07 Å². The van der Waals surface area contributed by atoms with Gasteiger partial charge in [-0.2, -0.15) is 0 Å². The molecule has 0 aliphatic rings. The van der Waals surface area contributed by atoms with Gasteiger partial charge in [-0.3, -0.25) is 4.98 Å². The molecule has 99 valence electrons. The molecule has 20 heavy (non-hydrogen) atoms. The Bertz CT molecular complexity index is 683. The van der Waals surface area contributed by atoms with Crippen LogP contribution in [0.5, 0.6) is 6.01 Å². The molecule has 3 aromatic rings. The van der Waals surface area contributed by atoms with Gasteiger partial charge in [0.15, 0.2) is 0 Å². The number of aromatic nitrogens is 4. The molecule has 3 heterocycles. The lowest BCUT2D eigenvalue weighted by atomic mass is 10.2. The average molecular weight is 283 g/mol. The topological polar surface area (TPSA) is 60.8 Å². The predicted molar refractivity (Wildman–Crippen MR) is 76.2 cm³/mol. The first-order valence-electron chi connectivity index (χ1n) is 5.94. The molecule has 0 bridgehead atoms. The number of thiazole rings is 1. The maximum absolute atomic E-state index is 5.46. The van der Waals surface area contributed by atoms with E-state index in [1.165, 1.54) is 11.3 Å². The van der Waals surface area contributed by atoms with Crippen molar-refractivity contribution in [1.82, 2.24) is 19.9 Å². The minimum Gasteiger partial charge on any atom is -0.456 e. The quantitative estimate of drug-likeness (QED) is 0.736. The fourth-order valence-electron chi connectivity index (χ4n) is 1.61. The van der Waals surface area contributed by atoms with E-state index in [9.17, 15) is 0 Å². The van der Waals surface area contributed by atoms with E-state index in [-0.39, 0.29) is 0 Å². The van der Waals surface area contributed by atoms with Crippen molar-refractivity contribution in [2.24, 2.45) is 0 Å². The van der Waals surface area contributed by atoms with Crippen molar-refractivity contribution in [3.8, 4) is 17.3 Å². The van der Waals surface area contributed by atoms with Crippen LogP contribution in [0.2, 0.25) is 0 Å². The third kappa shape index (κ3) is 2.97. The number of ether oxygens (including phenoxy) is 1. The third-order valence-corrected chi connectivity index (χ3v) is 3.29. The Balaban J connectivity index is 1.71. The standard InChI is InChI=1S/C14H11N4OS/c1-10-3-2-4-12(18-10)11-7-16-14(17-8-11)19-9-13-15-5-6-20-13/h2-8H,1,9H2. The summed E-state index contributed by atoms with van der Waals surface area (Å²) in [5, 5.41) is 2.80. The molecule has 0 amide bonds. The van der Waals surface area contributed by atoms with Crippen molar-refractivity contribution < 1.29 is 4.74 Å². The SMILES string of the molecule is [CH2]c1cccc(-c2cnc(OCc3nccs3)nc2)n1. The van der Waals surface area contributed by atoms with Crippen molar-refractivity contribution in [3.05, 3.63) is 59.8 Å². The molecule has 0 saturated carbocycles. The second-order valence-electron chi connectivity index (χ2n) is 3.98. The lowest BCUT2D eigenvalue weighted by Crippen LogP contribution is -1.99. The van der Waals surface area contributed by atoms with Crippen molar-refractivity contribution in [2.45, 2.75) is 6.61 Å². The highest BCUT2D eigenvalue weighted by atomic mass is 32.1. The van der Waals surface area contributed by atoms with Crippen LogP contribution in [0, 0.1) is 6.92 Å². The number of hydrogen-bond donors (Lipinski definition) is 0. The molecule has 6 heteroatoms. The van der Waals surface area contributed by atoms with Crippen molar-refractivity contribution >= 4 is 11.3 Å². The fourth-order valence-corrected chi connectivity index (χ4v) is 2.14. The molecule has 0 spiro atoms. The smallest absolute Gasteiger partial charge is 0.316 e. The van der Waals surface area contributed by atoms with Gasteiger partial charge in [0.05, 0.1) is 5.69 Å². The summed E-state index contributed by atoms with van der Waals surface area (Å²) in [6.07, 6.45) is 5.11. The Morgan fingerprint density at radius 1 is 1.15 bits per heavy atom. The maximum Gasteiger partial charge on any atom is 0.316 e. The fraction of sp³-hybridized carbons (Fsp3) is 0.0714. The number of hydrogen-bond acceptors (Lipinski definition) is 6. The Morgan fingerprint density at radius 2 is 2.00 bits per heavy atom. The number of rotatable bonds is 4. The minimum atomic E-state index is 0.328. The molecular weight excluding hydrogens is 272 g/mol. The van der Waals surface area contributed by atoms with E-state index < -0.39 is 0 Å². The second-order valence-corrected chi connectivity index (χ2v) is 4.96. The zero-order chi connectivity index (χ0) is 13.8. The van der Waals surface area contributed by atoms with Crippen LogP contribution in [-0.4, -0.2) is 19.9 Å². The maximum atomic E-state index is 5.46. The van der Waals surface area contributed by atoms with Gasteiger partial charge in [0.1, 0.15) is 11.6 Å². The Hall–Kier alpha value is -2.34. The molecule has 0 aliphatic carbocycles. The Morgan fingerprint density at radius 3 is 2.70 bits per heavy atom. The molecule has 3 rings (SSSR count). The van der Waals surface area contributed by atoms with Crippen LogP contribution < -0.4 is 4.74 Å². The number of pyridine rings is 1. The lowest BCUT2D eigenvalue weighted by molar-refractivity contribution is 0.280. The molecule has 0 saturated heterocycles. The van der Waals surface area contributed by atoms with Crippen molar-refractivity contribution in [2.75, 3.05) is 0 Å². The highest BCUT2D eigenvalue weighted by molar-refractivity contribution is 7.09. The third-order valence-electron chi connectivity index (χ3n) is 2.54. The van der Waals surface area contributed by atoms with Crippen LogP contribution in [-0.2, 0) is 6.61 Å². The summed E-state index contributed by atoms with van der Waals surface area (Å²) < 4.78 is 5.46. The average Bonchev–Trinajstić information content (AvgIpc) is 2.99. The summed E-state index contributed by atoms with van der Waals surface area (Å²) in [5.74, 6) is 0. The van der Waals surface area contributed by atoms with Crippen LogP contribution in [0.1, 0.15) is 10.7 Å². The molecule has 0 atom stereocenters. The number of nitrogens with zero attached hydrogens (tertiary/aromatic N) is 4. The molecule has 0 aliphatic heterocycles. The largest absolute Gasteiger partial charge is 0.456 e. The van der Waals surface area contributed by atoms with Gasteiger partial charge in [0.25, 0.3) is 0 Å². The first-order chi connectivity index (χ1) is 9.81. The molecule has 1 radical (unpaired) electrons. The zero-order valence-electron chi connectivity index (χ0n) is 10.6. The van der Waals surface area contributed by atoms with Crippen molar-refractivity contribution in [1.29, 1.82) is 0 Å². The van der Waals surface area contributed by atoms with Gasteiger partial charge in [-0.15, -0.1) is 11.3 Å². The van der Waals surface area contributed by atoms with E-state index in [0.717, 1.165) is 16.3 Å². The molecule has 0 fully saturated rings. The zero-order valence-corrected chi connectivity index (χ0v) is 11.4. The summed E-state index contributed by atoms with van der Waals surface area (Å²) >= 11 is 1.54. The van der Waals surface area contributed by atoms with E-state index in [0.29, 0.717) is 18.3 Å². The molecule has 0 aromatic carbocycles. The summed E-state index contributed by atoms with van der Waals surface area (Å²) in [6.45, 7) is 4.18. The van der Waals surface area contributed by atoms with Gasteiger partial charge in [-0.25, -0.2) is 15.0 Å². The molecular formula is C14H11N4OS. The summed E-state index contributed by atoms with van der Waals surface area (Å²) in [7, 11) is 0. The highest BCUT2D eigenvalue weighted by Gasteiger charge is 2.04. The Labute approximate surface area is 120 Å². The van der Waals surface area contributed by atoms with Gasteiger partial charge in [0, 0.05) is 35.2 Å². The normalized spacial score (nSPS) is 10.4. The molecule has 3 aromatic heterocycles. The van der Waals surface area contributed by atoms with Gasteiger partial charge < -0.3 is 4.74 Å².